The summed E-state index contributed by atoms with van der Waals surface area (Å²) in [4.78, 5) is 14.0. The Labute approximate surface area is 106 Å². The molecule has 90 valence electrons. The van der Waals surface area contributed by atoms with Crippen LogP contribution in [-0.2, 0) is 0 Å². The Balaban J connectivity index is 2.37. The van der Waals surface area contributed by atoms with E-state index in [4.69, 9.17) is 11.6 Å². The molecule has 0 radical (unpaired) electrons. The Kier molecular flexibility index (Phi) is 2.34. The number of aromatic hydroxyl groups is 1. The fraction of sp³-hybridized carbons (Fsp3) is 0. The SMILES string of the molecule is O=c1[nH]c(O)cc2nn(-c3ccccc3)c(Cl)c12. The van der Waals surface area contributed by atoms with Gasteiger partial charge >= 0.3 is 0 Å². The average molecular weight is 262 g/mol. The number of fused-ring (bicyclic) bond motifs is 1. The molecular weight excluding hydrogens is 254 g/mol. The highest BCUT2D eigenvalue weighted by molar-refractivity contribution is 6.34. The zero-order valence-corrected chi connectivity index (χ0v) is 9.85. The van der Waals surface area contributed by atoms with Crippen molar-refractivity contribution in [2.24, 2.45) is 0 Å². The summed E-state index contributed by atoms with van der Waals surface area (Å²) >= 11 is 6.15. The minimum Gasteiger partial charge on any atom is -0.494 e. The van der Waals surface area contributed by atoms with Crippen molar-refractivity contribution in [2.45, 2.75) is 0 Å². The second-order valence-corrected chi connectivity index (χ2v) is 4.14. The third-order valence-electron chi connectivity index (χ3n) is 2.60. The van der Waals surface area contributed by atoms with Gasteiger partial charge in [-0.25, -0.2) is 4.68 Å². The molecule has 0 aliphatic heterocycles. The third-order valence-corrected chi connectivity index (χ3v) is 2.95. The van der Waals surface area contributed by atoms with Gasteiger partial charge in [-0.1, -0.05) is 29.8 Å². The zero-order valence-electron chi connectivity index (χ0n) is 9.09. The summed E-state index contributed by atoms with van der Waals surface area (Å²) in [6.45, 7) is 0. The van der Waals surface area contributed by atoms with Crippen LogP contribution < -0.4 is 5.56 Å². The Morgan fingerprint density at radius 2 is 2.00 bits per heavy atom. The van der Waals surface area contributed by atoms with Crippen LogP contribution in [0, 0.1) is 0 Å². The van der Waals surface area contributed by atoms with Gasteiger partial charge in [0, 0.05) is 6.07 Å². The summed E-state index contributed by atoms with van der Waals surface area (Å²) in [6.07, 6.45) is 0. The molecule has 6 heteroatoms. The van der Waals surface area contributed by atoms with Crippen molar-refractivity contribution in [2.75, 3.05) is 0 Å². The first-order chi connectivity index (χ1) is 8.66. The van der Waals surface area contributed by atoms with E-state index in [0.717, 1.165) is 5.69 Å². The molecule has 0 aliphatic rings. The molecule has 3 rings (SSSR count). The Bertz CT molecular complexity index is 777. The van der Waals surface area contributed by atoms with E-state index in [0.29, 0.717) is 5.52 Å². The monoisotopic (exact) mass is 261 g/mol. The molecule has 1 aromatic carbocycles. The van der Waals surface area contributed by atoms with E-state index in [2.05, 4.69) is 10.1 Å². The van der Waals surface area contributed by atoms with E-state index in [9.17, 15) is 9.90 Å². The lowest BCUT2D eigenvalue weighted by atomic mass is 10.3. The summed E-state index contributed by atoms with van der Waals surface area (Å²) in [5.41, 5.74) is 0.639. The number of para-hydroxylation sites is 1. The minimum absolute atomic E-state index is 0.220. The van der Waals surface area contributed by atoms with Crippen LogP contribution in [0.2, 0.25) is 5.15 Å². The number of hydrogen-bond donors (Lipinski definition) is 2. The molecule has 2 aromatic heterocycles. The van der Waals surface area contributed by atoms with Crippen LogP contribution in [0.1, 0.15) is 0 Å². The highest BCUT2D eigenvalue weighted by Gasteiger charge is 2.14. The van der Waals surface area contributed by atoms with E-state index in [1.165, 1.54) is 10.7 Å². The summed E-state index contributed by atoms with van der Waals surface area (Å²) in [5.74, 6) is -0.234. The van der Waals surface area contributed by atoms with Gasteiger partial charge in [0.25, 0.3) is 5.56 Å². The molecule has 0 saturated carbocycles. The van der Waals surface area contributed by atoms with Crippen LogP contribution in [0.25, 0.3) is 16.6 Å². The fourth-order valence-corrected chi connectivity index (χ4v) is 2.13. The molecule has 0 unspecified atom stereocenters. The molecule has 0 spiro atoms. The topological polar surface area (TPSA) is 70.9 Å². The quantitative estimate of drug-likeness (QED) is 0.704. The van der Waals surface area contributed by atoms with Crippen molar-refractivity contribution in [3.63, 3.8) is 0 Å². The van der Waals surface area contributed by atoms with Gasteiger partial charge in [0.05, 0.1) is 5.69 Å². The number of halogens is 1. The molecule has 18 heavy (non-hydrogen) atoms. The van der Waals surface area contributed by atoms with E-state index in [-0.39, 0.29) is 16.4 Å². The van der Waals surface area contributed by atoms with Crippen molar-refractivity contribution in [3.05, 3.63) is 51.9 Å². The number of pyridine rings is 1. The maximum atomic E-state index is 11.7. The zero-order chi connectivity index (χ0) is 12.7. The molecule has 3 aromatic rings. The summed E-state index contributed by atoms with van der Waals surface area (Å²) in [5, 5.41) is 14.0. The largest absolute Gasteiger partial charge is 0.494 e. The first-order valence-electron chi connectivity index (χ1n) is 5.23. The number of nitrogens with one attached hydrogen (secondary N) is 1. The van der Waals surface area contributed by atoms with E-state index >= 15 is 0 Å². The van der Waals surface area contributed by atoms with Crippen LogP contribution in [0.4, 0.5) is 0 Å². The molecule has 0 aliphatic carbocycles. The number of H-pyrrole nitrogens is 1. The van der Waals surface area contributed by atoms with Gasteiger partial charge in [-0.2, -0.15) is 5.10 Å². The van der Waals surface area contributed by atoms with Crippen LogP contribution in [0.15, 0.2) is 41.2 Å². The van der Waals surface area contributed by atoms with Crippen molar-refractivity contribution in [1.29, 1.82) is 0 Å². The van der Waals surface area contributed by atoms with Crippen LogP contribution in [-0.4, -0.2) is 19.9 Å². The lowest BCUT2D eigenvalue weighted by Crippen LogP contribution is -2.04. The Morgan fingerprint density at radius 3 is 2.72 bits per heavy atom. The molecule has 2 N–H and O–H groups in total. The van der Waals surface area contributed by atoms with Crippen molar-refractivity contribution in [3.8, 4) is 11.6 Å². The maximum absolute atomic E-state index is 11.7. The Hall–Kier alpha value is -2.27. The second-order valence-electron chi connectivity index (χ2n) is 3.78. The molecule has 2 heterocycles. The number of benzene rings is 1. The number of hydrogen-bond acceptors (Lipinski definition) is 3. The molecule has 0 bridgehead atoms. The van der Waals surface area contributed by atoms with Crippen LogP contribution in [0.3, 0.4) is 0 Å². The number of aromatic amines is 1. The van der Waals surface area contributed by atoms with Crippen LogP contribution in [0.5, 0.6) is 5.88 Å². The van der Waals surface area contributed by atoms with Gasteiger partial charge in [-0.3, -0.25) is 9.78 Å². The van der Waals surface area contributed by atoms with Gasteiger partial charge in [-0.15, -0.1) is 0 Å². The number of nitrogens with zero attached hydrogens (tertiary/aromatic N) is 2. The second kappa shape index (κ2) is 3.89. The van der Waals surface area contributed by atoms with Crippen LogP contribution >= 0.6 is 11.6 Å². The normalized spacial score (nSPS) is 10.9. The Morgan fingerprint density at radius 1 is 1.28 bits per heavy atom. The minimum atomic E-state index is -0.461. The van der Waals surface area contributed by atoms with Crippen molar-refractivity contribution >= 4 is 22.5 Å². The summed E-state index contributed by atoms with van der Waals surface area (Å²) < 4.78 is 1.46. The molecule has 0 amide bonds. The molecule has 0 saturated heterocycles. The number of aromatic nitrogens is 3. The molecule has 5 nitrogen and oxygen atoms in total. The van der Waals surface area contributed by atoms with Gasteiger partial charge in [0.15, 0.2) is 5.88 Å². The van der Waals surface area contributed by atoms with E-state index in [1.54, 1.807) is 0 Å². The van der Waals surface area contributed by atoms with Crippen molar-refractivity contribution in [1.82, 2.24) is 14.8 Å². The predicted octanol–water partition coefficient (Wildman–Crippen LogP) is 2.07. The number of rotatable bonds is 1. The molecule has 0 fully saturated rings. The lowest BCUT2D eigenvalue weighted by molar-refractivity contribution is 0.453. The van der Waals surface area contributed by atoms with Gasteiger partial charge < -0.3 is 5.11 Å². The fourth-order valence-electron chi connectivity index (χ4n) is 1.81. The molecular formula is C12H8ClN3O2. The maximum Gasteiger partial charge on any atom is 0.263 e. The summed E-state index contributed by atoms with van der Waals surface area (Å²) in [7, 11) is 0. The summed E-state index contributed by atoms with van der Waals surface area (Å²) in [6, 6.07) is 10.6. The van der Waals surface area contributed by atoms with Gasteiger partial charge in [0.1, 0.15) is 16.1 Å². The van der Waals surface area contributed by atoms with E-state index in [1.807, 2.05) is 30.3 Å². The third kappa shape index (κ3) is 1.56. The molecule has 0 atom stereocenters. The average Bonchev–Trinajstić information content (AvgIpc) is 2.67. The first-order valence-corrected chi connectivity index (χ1v) is 5.60. The van der Waals surface area contributed by atoms with Crippen molar-refractivity contribution < 1.29 is 5.11 Å². The van der Waals surface area contributed by atoms with E-state index < -0.39 is 5.56 Å². The first kappa shape index (κ1) is 10.9. The highest BCUT2D eigenvalue weighted by Crippen LogP contribution is 2.24. The van der Waals surface area contributed by atoms with Gasteiger partial charge in [0.2, 0.25) is 0 Å². The lowest BCUT2D eigenvalue weighted by Gasteiger charge is -2.00. The van der Waals surface area contributed by atoms with Gasteiger partial charge in [-0.05, 0) is 12.1 Å². The smallest absolute Gasteiger partial charge is 0.263 e. The predicted molar refractivity (Wildman–Crippen MR) is 68.4 cm³/mol. The highest BCUT2D eigenvalue weighted by atomic mass is 35.5. The standard InChI is InChI=1S/C12H8ClN3O2/c13-11-10-8(6-9(17)14-12(10)18)15-16(11)7-4-2-1-3-5-7/h1-6,17H,(H,14,18).